The van der Waals surface area contributed by atoms with Crippen LogP contribution in [0.2, 0.25) is 0 Å². The number of nitrogens with zero attached hydrogens (tertiary/aromatic N) is 4. The third-order valence-electron chi connectivity index (χ3n) is 4.52. The molecule has 0 radical (unpaired) electrons. The molecule has 1 N–H and O–H groups in total. The number of hydrogen-bond acceptors (Lipinski definition) is 9. The molecule has 0 atom stereocenters. The fourth-order valence-corrected chi connectivity index (χ4v) is 5.31. The molecule has 1 saturated heterocycles. The molecule has 0 saturated carbocycles. The maximum atomic E-state index is 13.1. The summed E-state index contributed by atoms with van der Waals surface area (Å²) in [6.45, 7) is 2.28. The number of hydrogen-bond donors (Lipinski definition) is 1. The lowest BCUT2D eigenvalue weighted by Gasteiger charge is -2.30. The molecule has 170 valence electrons. The van der Waals surface area contributed by atoms with Crippen molar-refractivity contribution in [3.8, 4) is 0 Å². The second-order valence-electron chi connectivity index (χ2n) is 6.66. The van der Waals surface area contributed by atoms with Crippen molar-refractivity contribution in [2.45, 2.75) is 10.4 Å². The molecule has 14 heteroatoms. The quantitative estimate of drug-likeness (QED) is 0.547. The molecular formula is C18H16F3N5O4S2. The van der Waals surface area contributed by atoms with Gasteiger partial charge in [0.1, 0.15) is 9.73 Å². The van der Waals surface area contributed by atoms with Crippen molar-refractivity contribution in [3.63, 3.8) is 0 Å². The van der Waals surface area contributed by atoms with Gasteiger partial charge in [-0.1, -0.05) is 16.6 Å². The number of fused-ring (bicyclic) bond motifs is 1. The van der Waals surface area contributed by atoms with Crippen LogP contribution in [0, 0.1) is 0 Å². The average molecular weight is 487 g/mol. The van der Waals surface area contributed by atoms with E-state index in [9.17, 15) is 26.4 Å². The highest BCUT2D eigenvalue weighted by Crippen LogP contribution is 2.33. The lowest BCUT2D eigenvalue weighted by Crippen LogP contribution is -2.44. The molecule has 0 amide bonds. The van der Waals surface area contributed by atoms with Crippen molar-refractivity contribution < 1.29 is 31.2 Å². The molecule has 1 aliphatic rings. The van der Waals surface area contributed by atoms with E-state index in [1.54, 1.807) is 12.1 Å². The zero-order chi connectivity index (χ0) is 22.9. The fraction of sp³-hybridized carbons (Fsp3) is 0.278. The third-order valence-corrected chi connectivity index (χ3v) is 7.45. The van der Waals surface area contributed by atoms with E-state index in [1.165, 1.54) is 29.8 Å². The third kappa shape index (κ3) is 4.33. The average Bonchev–Trinajstić information content (AvgIpc) is 3.32. The van der Waals surface area contributed by atoms with Gasteiger partial charge in [0.15, 0.2) is 11.6 Å². The van der Waals surface area contributed by atoms with Crippen LogP contribution in [-0.4, -0.2) is 56.7 Å². The minimum atomic E-state index is -5.41. The lowest BCUT2D eigenvalue weighted by atomic mass is 10.2. The van der Waals surface area contributed by atoms with Gasteiger partial charge in [-0.2, -0.15) is 21.6 Å². The highest BCUT2D eigenvalue weighted by atomic mass is 32.2. The van der Waals surface area contributed by atoms with Gasteiger partial charge in [-0.05, 0) is 23.6 Å². The predicted octanol–water partition coefficient (Wildman–Crippen LogP) is 2.32. The molecule has 1 fully saturated rings. The molecule has 0 bridgehead atoms. The molecule has 1 aliphatic heterocycles. The van der Waals surface area contributed by atoms with Crippen LogP contribution in [0.1, 0.15) is 0 Å². The number of piperazine rings is 1. The first kappa shape index (κ1) is 22.2. The molecule has 0 aromatic carbocycles. The van der Waals surface area contributed by atoms with Gasteiger partial charge in [-0.3, -0.25) is 4.98 Å². The van der Waals surface area contributed by atoms with Crippen molar-refractivity contribution >= 4 is 49.9 Å². The van der Waals surface area contributed by atoms with E-state index in [-0.39, 0.29) is 14.5 Å². The molecule has 0 aliphatic carbocycles. The topological polar surface area (TPSA) is 105 Å². The summed E-state index contributed by atoms with van der Waals surface area (Å²) in [5.41, 5.74) is 0.439. The van der Waals surface area contributed by atoms with Gasteiger partial charge in [-0.15, -0.1) is 11.3 Å². The minimum absolute atomic E-state index is 0.0766. The maximum absolute atomic E-state index is 13.1. The van der Waals surface area contributed by atoms with E-state index in [0.717, 1.165) is 11.3 Å². The second kappa shape index (κ2) is 8.52. The first-order chi connectivity index (χ1) is 15.2. The lowest BCUT2D eigenvalue weighted by molar-refractivity contribution is -0.199. The number of nitrogens with one attached hydrogen (secondary N) is 1. The van der Waals surface area contributed by atoms with Crippen molar-refractivity contribution in [1.29, 1.82) is 0 Å². The highest BCUT2D eigenvalue weighted by molar-refractivity contribution is 7.94. The van der Waals surface area contributed by atoms with Crippen LogP contribution in [0.5, 0.6) is 0 Å². The van der Waals surface area contributed by atoms with Gasteiger partial charge in [0.05, 0.1) is 0 Å². The summed E-state index contributed by atoms with van der Waals surface area (Å²) >= 11 is 0.762. The second-order valence-corrected chi connectivity index (χ2v) is 9.58. The van der Waals surface area contributed by atoms with E-state index in [2.05, 4.69) is 20.1 Å². The largest absolute Gasteiger partial charge is 0.493 e. The number of rotatable bonds is 5. The van der Waals surface area contributed by atoms with Gasteiger partial charge in [0.25, 0.3) is 0 Å². The normalized spacial score (nSPS) is 15.0. The van der Waals surface area contributed by atoms with Crippen molar-refractivity contribution in [1.82, 2.24) is 15.3 Å². The van der Waals surface area contributed by atoms with Crippen molar-refractivity contribution in [2.75, 3.05) is 35.5 Å². The predicted molar refractivity (Wildman–Crippen MR) is 111 cm³/mol. The van der Waals surface area contributed by atoms with E-state index in [4.69, 9.17) is 0 Å². The van der Waals surface area contributed by atoms with Crippen LogP contribution in [0.15, 0.2) is 46.1 Å². The molecule has 0 unspecified atom stereocenters. The Kier molecular flexibility index (Phi) is 5.92. The maximum Gasteiger partial charge on any atom is 0.493 e. The SMILES string of the molecule is O=C(ON(c1cc2cccnc2c(N2CCNCC2)n1)S(=O)(=O)c1cccs1)C(F)(F)F. The molecule has 4 rings (SSSR count). The Morgan fingerprint density at radius 1 is 1.22 bits per heavy atom. The van der Waals surface area contributed by atoms with Crippen LogP contribution in [0.3, 0.4) is 0 Å². The number of aromatic nitrogens is 2. The molecule has 32 heavy (non-hydrogen) atoms. The van der Waals surface area contributed by atoms with Crippen LogP contribution >= 0.6 is 11.3 Å². The van der Waals surface area contributed by atoms with Crippen molar-refractivity contribution in [3.05, 3.63) is 41.9 Å². The molecular weight excluding hydrogens is 471 g/mol. The summed E-state index contributed by atoms with van der Waals surface area (Å²) in [6, 6.07) is 7.01. The standard InChI is InChI=1S/C18H16F3N5O4S2/c19-18(20,21)17(27)30-26(32(28,29)14-4-2-10-31-14)13-11-12-3-1-5-23-15(12)16(24-13)25-8-6-22-7-9-25/h1-5,10-11,22H,6-9H2. The Morgan fingerprint density at radius 2 is 1.97 bits per heavy atom. The fourth-order valence-electron chi connectivity index (χ4n) is 3.08. The molecule has 3 aromatic heterocycles. The number of carbonyl (C=O) groups excluding carboxylic acids is 1. The molecule has 0 spiro atoms. The summed E-state index contributed by atoms with van der Waals surface area (Å²) < 4.78 is 64.6. The molecule has 9 nitrogen and oxygen atoms in total. The van der Waals surface area contributed by atoms with Gasteiger partial charge < -0.3 is 15.1 Å². The number of alkyl halides is 3. The summed E-state index contributed by atoms with van der Waals surface area (Å²) in [4.78, 5) is 26.4. The molecule has 3 aromatic rings. The zero-order valence-corrected chi connectivity index (χ0v) is 17.9. The first-order valence-corrected chi connectivity index (χ1v) is 11.6. The minimum Gasteiger partial charge on any atom is -0.352 e. The van der Waals surface area contributed by atoms with E-state index >= 15 is 0 Å². The number of thiophene rings is 1. The Morgan fingerprint density at radius 3 is 2.62 bits per heavy atom. The Balaban J connectivity index is 1.88. The molecule has 4 heterocycles. The summed E-state index contributed by atoms with van der Waals surface area (Å²) in [5.74, 6) is -2.91. The van der Waals surface area contributed by atoms with Gasteiger partial charge in [0.2, 0.25) is 0 Å². The first-order valence-electron chi connectivity index (χ1n) is 9.27. The number of anilines is 2. The van der Waals surface area contributed by atoms with Crippen LogP contribution in [-0.2, 0) is 19.7 Å². The summed E-state index contributed by atoms with van der Waals surface area (Å²) in [5, 5.41) is 5.01. The Labute approximate surface area is 184 Å². The van der Waals surface area contributed by atoms with Crippen LogP contribution in [0.4, 0.5) is 24.8 Å². The van der Waals surface area contributed by atoms with E-state index in [0.29, 0.717) is 37.1 Å². The smallest absolute Gasteiger partial charge is 0.352 e. The monoisotopic (exact) mass is 487 g/mol. The van der Waals surface area contributed by atoms with Gasteiger partial charge in [0, 0.05) is 37.8 Å². The zero-order valence-electron chi connectivity index (χ0n) is 16.2. The summed E-state index contributed by atoms with van der Waals surface area (Å²) in [6.07, 6.45) is -3.89. The Hall–Kier alpha value is -2.97. The van der Waals surface area contributed by atoms with Crippen LogP contribution in [0.25, 0.3) is 10.9 Å². The van der Waals surface area contributed by atoms with Gasteiger partial charge in [-0.25, -0.2) is 9.78 Å². The number of halogens is 3. The number of sulfonamides is 1. The Bertz CT molecular complexity index is 1230. The van der Waals surface area contributed by atoms with E-state index < -0.39 is 28.0 Å². The van der Waals surface area contributed by atoms with Crippen LogP contribution < -0.4 is 14.7 Å². The number of carbonyl (C=O) groups is 1. The number of pyridine rings is 2. The highest BCUT2D eigenvalue weighted by Gasteiger charge is 2.45. The van der Waals surface area contributed by atoms with E-state index in [1.807, 2.05) is 4.90 Å². The summed E-state index contributed by atoms with van der Waals surface area (Å²) in [7, 11) is -4.69. The van der Waals surface area contributed by atoms with Gasteiger partial charge >= 0.3 is 22.2 Å². The van der Waals surface area contributed by atoms with Crippen molar-refractivity contribution in [2.24, 2.45) is 0 Å².